The van der Waals surface area contributed by atoms with E-state index in [1.54, 1.807) is 0 Å². The molecule has 0 saturated carbocycles. The van der Waals surface area contributed by atoms with Gasteiger partial charge in [0.25, 0.3) is 0 Å². The minimum absolute atomic E-state index is 0.828. The minimum Gasteiger partial charge on any atom is -0.346 e. The van der Waals surface area contributed by atoms with E-state index >= 15 is 0 Å². The SMILES string of the molecule is Cn1c2c(c3cc(Cl)ccc31)CCNC2. The van der Waals surface area contributed by atoms with Crippen molar-refractivity contribution in [3.8, 4) is 0 Å². The van der Waals surface area contributed by atoms with E-state index in [1.165, 1.54) is 22.2 Å². The van der Waals surface area contributed by atoms with Crippen LogP contribution in [0.25, 0.3) is 10.9 Å². The van der Waals surface area contributed by atoms with Gasteiger partial charge in [-0.05, 0) is 36.7 Å². The summed E-state index contributed by atoms with van der Waals surface area (Å²) in [6.45, 7) is 2.04. The largest absolute Gasteiger partial charge is 0.346 e. The molecule has 1 N–H and O–H groups in total. The smallest absolute Gasteiger partial charge is 0.0484 e. The van der Waals surface area contributed by atoms with Gasteiger partial charge in [-0.15, -0.1) is 0 Å². The van der Waals surface area contributed by atoms with E-state index in [1.807, 2.05) is 6.07 Å². The molecule has 0 fully saturated rings. The number of benzene rings is 1. The first-order chi connectivity index (χ1) is 7.27. The van der Waals surface area contributed by atoms with Gasteiger partial charge < -0.3 is 9.88 Å². The molecule has 0 amide bonds. The molecule has 0 bridgehead atoms. The predicted octanol–water partition coefficient (Wildman–Crippen LogP) is 2.48. The van der Waals surface area contributed by atoms with Gasteiger partial charge in [0.1, 0.15) is 0 Å². The summed E-state index contributed by atoms with van der Waals surface area (Å²) in [7, 11) is 2.13. The van der Waals surface area contributed by atoms with Crippen molar-refractivity contribution in [3.63, 3.8) is 0 Å². The summed E-state index contributed by atoms with van der Waals surface area (Å²) in [6, 6.07) is 6.15. The van der Waals surface area contributed by atoms with Gasteiger partial charge in [-0.2, -0.15) is 0 Å². The molecule has 1 aliphatic heterocycles. The number of nitrogens with zero attached hydrogens (tertiary/aromatic N) is 1. The van der Waals surface area contributed by atoms with Crippen molar-refractivity contribution in [2.75, 3.05) is 6.54 Å². The van der Waals surface area contributed by atoms with Gasteiger partial charge >= 0.3 is 0 Å². The highest BCUT2D eigenvalue weighted by Crippen LogP contribution is 2.29. The zero-order chi connectivity index (χ0) is 10.4. The van der Waals surface area contributed by atoms with Crippen LogP contribution in [0.2, 0.25) is 5.02 Å². The third-order valence-electron chi connectivity index (χ3n) is 3.24. The maximum Gasteiger partial charge on any atom is 0.0484 e. The first-order valence-corrected chi connectivity index (χ1v) is 5.61. The van der Waals surface area contributed by atoms with Crippen LogP contribution in [0.5, 0.6) is 0 Å². The van der Waals surface area contributed by atoms with Crippen molar-refractivity contribution in [3.05, 3.63) is 34.5 Å². The van der Waals surface area contributed by atoms with Gasteiger partial charge in [0, 0.05) is 35.2 Å². The molecule has 3 rings (SSSR count). The quantitative estimate of drug-likeness (QED) is 0.722. The van der Waals surface area contributed by atoms with E-state index in [2.05, 4.69) is 29.1 Å². The molecule has 2 aromatic rings. The maximum absolute atomic E-state index is 6.05. The number of nitrogens with one attached hydrogen (secondary N) is 1. The molecule has 2 nitrogen and oxygen atoms in total. The molecule has 0 saturated heterocycles. The fraction of sp³-hybridized carbons (Fsp3) is 0.333. The molecular formula is C12H13ClN2. The number of hydrogen-bond acceptors (Lipinski definition) is 1. The van der Waals surface area contributed by atoms with Crippen LogP contribution in [0.15, 0.2) is 18.2 Å². The third kappa shape index (κ3) is 1.29. The Hall–Kier alpha value is -0.990. The van der Waals surface area contributed by atoms with E-state index in [0.29, 0.717) is 0 Å². The van der Waals surface area contributed by atoms with E-state index < -0.39 is 0 Å². The molecule has 78 valence electrons. The summed E-state index contributed by atoms with van der Waals surface area (Å²) in [5, 5.41) is 5.55. The van der Waals surface area contributed by atoms with Crippen LogP contribution in [-0.4, -0.2) is 11.1 Å². The molecule has 0 spiro atoms. The minimum atomic E-state index is 0.828. The van der Waals surface area contributed by atoms with Crippen molar-refractivity contribution in [1.29, 1.82) is 0 Å². The fourth-order valence-electron chi connectivity index (χ4n) is 2.47. The topological polar surface area (TPSA) is 17.0 Å². The first kappa shape index (κ1) is 9.25. The van der Waals surface area contributed by atoms with Gasteiger partial charge in [-0.25, -0.2) is 0 Å². The number of aryl methyl sites for hydroxylation is 1. The molecule has 2 heterocycles. The van der Waals surface area contributed by atoms with Crippen molar-refractivity contribution < 1.29 is 0 Å². The molecular weight excluding hydrogens is 208 g/mol. The van der Waals surface area contributed by atoms with Crippen LogP contribution in [0.3, 0.4) is 0 Å². The average Bonchev–Trinajstić information content (AvgIpc) is 2.54. The standard InChI is InChI=1S/C12H13ClN2/c1-15-11-3-2-8(13)6-10(11)9-4-5-14-7-12(9)15/h2-3,6,14H,4-5,7H2,1H3. The predicted molar refractivity (Wildman–Crippen MR) is 63.3 cm³/mol. The molecule has 0 unspecified atom stereocenters. The molecule has 1 aromatic carbocycles. The van der Waals surface area contributed by atoms with Crippen molar-refractivity contribution in [2.45, 2.75) is 13.0 Å². The monoisotopic (exact) mass is 220 g/mol. The number of rotatable bonds is 0. The normalized spacial score (nSPS) is 15.6. The van der Waals surface area contributed by atoms with Crippen LogP contribution >= 0.6 is 11.6 Å². The number of fused-ring (bicyclic) bond motifs is 3. The summed E-state index contributed by atoms with van der Waals surface area (Å²) in [6.07, 6.45) is 1.10. The lowest BCUT2D eigenvalue weighted by Gasteiger charge is -2.14. The Kier molecular flexibility index (Phi) is 2.01. The number of halogens is 1. The van der Waals surface area contributed by atoms with Crippen molar-refractivity contribution in [2.24, 2.45) is 7.05 Å². The van der Waals surface area contributed by atoms with Crippen LogP contribution in [0, 0.1) is 0 Å². The van der Waals surface area contributed by atoms with Gasteiger partial charge in [0.05, 0.1) is 0 Å². The highest BCUT2D eigenvalue weighted by Gasteiger charge is 2.17. The third-order valence-corrected chi connectivity index (χ3v) is 3.48. The zero-order valence-electron chi connectivity index (χ0n) is 8.68. The molecule has 0 atom stereocenters. The van der Waals surface area contributed by atoms with E-state index in [0.717, 1.165) is 24.5 Å². The van der Waals surface area contributed by atoms with Crippen LogP contribution in [0.4, 0.5) is 0 Å². The lowest BCUT2D eigenvalue weighted by atomic mass is 10.1. The Morgan fingerprint density at radius 2 is 2.27 bits per heavy atom. The van der Waals surface area contributed by atoms with Gasteiger partial charge in [-0.3, -0.25) is 0 Å². The summed E-state index contributed by atoms with van der Waals surface area (Å²) >= 11 is 6.05. The highest BCUT2D eigenvalue weighted by molar-refractivity contribution is 6.31. The Morgan fingerprint density at radius 1 is 1.40 bits per heavy atom. The van der Waals surface area contributed by atoms with Gasteiger partial charge in [0.15, 0.2) is 0 Å². The molecule has 3 heteroatoms. The highest BCUT2D eigenvalue weighted by atomic mass is 35.5. The van der Waals surface area contributed by atoms with Crippen LogP contribution < -0.4 is 5.32 Å². The van der Waals surface area contributed by atoms with Gasteiger partial charge in [0.2, 0.25) is 0 Å². The van der Waals surface area contributed by atoms with Crippen LogP contribution in [0.1, 0.15) is 11.3 Å². The second-order valence-corrected chi connectivity index (χ2v) is 4.51. The Bertz CT molecular complexity index is 528. The van der Waals surface area contributed by atoms with E-state index in [4.69, 9.17) is 11.6 Å². The van der Waals surface area contributed by atoms with Crippen molar-refractivity contribution >= 4 is 22.5 Å². The number of hydrogen-bond donors (Lipinski definition) is 1. The molecule has 0 radical (unpaired) electrons. The summed E-state index contributed by atoms with van der Waals surface area (Å²) < 4.78 is 2.27. The van der Waals surface area contributed by atoms with E-state index in [9.17, 15) is 0 Å². The molecule has 0 aliphatic carbocycles. The zero-order valence-corrected chi connectivity index (χ0v) is 9.43. The fourth-order valence-corrected chi connectivity index (χ4v) is 2.64. The summed E-state index contributed by atoms with van der Waals surface area (Å²) in [5.41, 5.74) is 4.15. The first-order valence-electron chi connectivity index (χ1n) is 5.24. The van der Waals surface area contributed by atoms with E-state index in [-0.39, 0.29) is 0 Å². The Morgan fingerprint density at radius 3 is 3.13 bits per heavy atom. The molecule has 15 heavy (non-hydrogen) atoms. The lowest BCUT2D eigenvalue weighted by Crippen LogP contribution is -2.24. The van der Waals surface area contributed by atoms with Crippen molar-refractivity contribution in [1.82, 2.24) is 9.88 Å². The Balaban J connectivity index is 2.39. The molecule has 1 aromatic heterocycles. The summed E-state index contributed by atoms with van der Waals surface area (Å²) in [4.78, 5) is 0. The average molecular weight is 221 g/mol. The van der Waals surface area contributed by atoms with Gasteiger partial charge in [-0.1, -0.05) is 11.6 Å². The maximum atomic E-state index is 6.05. The number of aromatic nitrogens is 1. The second kappa shape index (κ2) is 3.26. The molecule has 1 aliphatic rings. The second-order valence-electron chi connectivity index (χ2n) is 4.07. The summed E-state index contributed by atoms with van der Waals surface area (Å²) in [5.74, 6) is 0. The van der Waals surface area contributed by atoms with Crippen LogP contribution in [-0.2, 0) is 20.0 Å². The Labute approximate surface area is 93.8 Å². The lowest BCUT2D eigenvalue weighted by molar-refractivity contribution is 0.614.